The van der Waals surface area contributed by atoms with E-state index in [4.69, 9.17) is 9.94 Å². The van der Waals surface area contributed by atoms with Crippen molar-refractivity contribution in [2.45, 2.75) is 18.9 Å². The van der Waals surface area contributed by atoms with Crippen molar-refractivity contribution in [2.24, 2.45) is 5.16 Å². The van der Waals surface area contributed by atoms with E-state index in [1.165, 1.54) is 5.56 Å². The van der Waals surface area contributed by atoms with Gasteiger partial charge in [0, 0.05) is 5.92 Å². The summed E-state index contributed by atoms with van der Waals surface area (Å²) in [5, 5.41) is 12.2. The molecule has 126 valence electrons. The van der Waals surface area contributed by atoms with Gasteiger partial charge in [0.2, 0.25) is 0 Å². The van der Waals surface area contributed by atoms with Crippen LogP contribution in [0.1, 0.15) is 22.6 Å². The van der Waals surface area contributed by atoms with Gasteiger partial charge in [-0.2, -0.15) is 0 Å². The Balaban J connectivity index is 1.66. The second-order valence-corrected chi connectivity index (χ2v) is 5.90. The molecule has 1 atom stereocenters. The minimum atomic E-state index is 0.0237. The van der Waals surface area contributed by atoms with Gasteiger partial charge in [-0.25, -0.2) is 0 Å². The summed E-state index contributed by atoms with van der Waals surface area (Å²) in [6.07, 6.45) is 2.36. The quantitative estimate of drug-likeness (QED) is 0.374. The predicted octanol–water partition coefficient (Wildman–Crippen LogP) is 5.05. The molecule has 25 heavy (non-hydrogen) atoms. The Morgan fingerprint density at radius 1 is 0.800 bits per heavy atom. The Morgan fingerprint density at radius 2 is 1.40 bits per heavy atom. The van der Waals surface area contributed by atoms with Crippen LogP contribution in [-0.4, -0.2) is 11.4 Å². The van der Waals surface area contributed by atoms with Crippen LogP contribution in [0.5, 0.6) is 5.75 Å². The first kappa shape index (κ1) is 16.8. The molecule has 0 bridgehead atoms. The Kier molecular flexibility index (Phi) is 5.83. The molecule has 3 rings (SSSR count). The number of nitrogens with zero attached hydrogens (tertiary/aromatic N) is 1. The molecule has 0 saturated heterocycles. The first-order valence-electron chi connectivity index (χ1n) is 8.33. The molecular weight excluding hydrogens is 310 g/mol. The van der Waals surface area contributed by atoms with Crippen LogP contribution in [0, 0.1) is 0 Å². The van der Waals surface area contributed by atoms with Crippen molar-refractivity contribution in [2.75, 3.05) is 0 Å². The first-order valence-corrected chi connectivity index (χ1v) is 8.33. The van der Waals surface area contributed by atoms with E-state index in [1.807, 2.05) is 72.8 Å². The minimum Gasteiger partial charge on any atom is -0.489 e. The molecule has 0 aliphatic heterocycles. The van der Waals surface area contributed by atoms with Gasteiger partial charge >= 0.3 is 0 Å². The molecule has 3 nitrogen and oxygen atoms in total. The number of oxime groups is 1. The fourth-order valence-corrected chi connectivity index (χ4v) is 2.76. The lowest BCUT2D eigenvalue weighted by atomic mass is 9.93. The molecule has 3 aromatic carbocycles. The van der Waals surface area contributed by atoms with Crippen molar-refractivity contribution in [1.82, 2.24) is 0 Å². The zero-order valence-electron chi connectivity index (χ0n) is 14.0. The van der Waals surface area contributed by atoms with E-state index in [1.54, 1.807) is 6.21 Å². The maximum atomic E-state index is 8.99. The maximum absolute atomic E-state index is 8.99. The Hall–Kier alpha value is -3.07. The third-order valence-electron chi connectivity index (χ3n) is 4.10. The molecular formula is C22H21NO2. The first-order chi connectivity index (χ1) is 12.3. The van der Waals surface area contributed by atoms with E-state index in [-0.39, 0.29) is 5.92 Å². The summed E-state index contributed by atoms with van der Waals surface area (Å²) in [6.45, 7) is 0.547. The molecule has 0 saturated carbocycles. The van der Waals surface area contributed by atoms with Gasteiger partial charge < -0.3 is 9.94 Å². The minimum absolute atomic E-state index is 0.0237. The van der Waals surface area contributed by atoms with E-state index >= 15 is 0 Å². The lowest BCUT2D eigenvalue weighted by Gasteiger charge is -2.13. The number of benzene rings is 3. The van der Waals surface area contributed by atoms with Gasteiger partial charge in [0.25, 0.3) is 0 Å². The van der Waals surface area contributed by atoms with Crippen molar-refractivity contribution in [1.29, 1.82) is 0 Å². The molecule has 1 unspecified atom stereocenters. The molecule has 3 aromatic rings. The topological polar surface area (TPSA) is 41.8 Å². The summed E-state index contributed by atoms with van der Waals surface area (Å²) in [5.74, 6) is 0.850. The van der Waals surface area contributed by atoms with Crippen molar-refractivity contribution in [3.05, 3.63) is 102 Å². The number of rotatable bonds is 7. The number of ether oxygens (including phenoxy) is 1. The molecule has 0 aromatic heterocycles. The van der Waals surface area contributed by atoms with Crippen molar-refractivity contribution in [3.63, 3.8) is 0 Å². The highest BCUT2D eigenvalue weighted by atomic mass is 16.5. The van der Waals surface area contributed by atoms with E-state index in [9.17, 15) is 0 Å². The smallest absolute Gasteiger partial charge is 0.119 e. The van der Waals surface area contributed by atoms with Gasteiger partial charge in [-0.1, -0.05) is 72.8 Å². The molecule has 0 fully saturated rings. The highest BCUT2D eigenvalue weighted by molar-refractivity contribution is 5.68. The molecule has 0 spiro atoms. The summed E-state index contributed by atoms with van der Waals surface area (Å²) < 4.78 is 5.82. The summed E-state index contributed by atoms with van der Waals surface area (Å²) >= 11 is 0. The maximum Gasteiger partial charge on any atom is 0.119 e. The lowest BCUT2D eigenvalue weighted by molar-refractivity contribution is 0.306. The molecule has 3 heteroatoms. The highest BCUT2D eigenvalue weighted by Gasteiger charge is 2.11. The van der Waals surface area contributed by atoms with Gasteiger partial charge in [0.1, 0.15) is 12.4 Å². The molecule has 0 amide bonds. The van der Waals surface area contributed by atoms with Crippen LogP contribution in [-0.2, 0) is 13.0 Å². The van der Waals surface area contributed by atoms with Crippen LogP contribution >= 0.6 is 0 Å². The van der Waals surface area contributed by atoms with Crippen LogP contribution in [0.2, 0.25) is 0 Å². The molecule has 0 heterocycles. The largest absolute Gasteiger partial charge is 0.489 e. The van der Waals surface area contributed by atoms with Crippen molar-refractivity contribution in [3.8, 4) is 5.75 Å². The second-order valence-electron chi connectivity index (χ2n) is 5.90. The Bertz CT molecular complexity index is 783. The van der Waals surface area contributed by atoms with Crippen LogP contribution in [0.15, 0.2) is 90.1 Å². The fourth-order valence-electron chi connectivity index (χ4n) is 2.76. The zero-order valence-corrected chi connectivity index (χ0v) is 14.0. The van der Waals surface area contributed by atoms with E-state index < -0.39 is 0 Å². The lowest BCUT2D eigenvalue weighted by Crippen LogP contribution is -2.05. The van der Waals surface area contributed by atoms with Gasteiger partial charge in [-0.05, 0) is 35.2 Å². The van der Waals surface area contributed by atoms with Gasteiger partial charge in [-0.15, -0.1) is 5.16 Å². The zero-order chi connectivity index (χ0) is 17.3. The average Bonchev–Trinajstić information content (AvgIpc) is 2.68. The van der Waals surface area contributed by atoms with Crippen LogP contribution < -0.4 is 4.74 Å². The van der Waals surface area contributed by atoms with Gasteiger partial charge in [0.15, 0.2) is 0 Å². The number of hydrogen-bond donors (Lipinski definition) is 1. The second kappa shape index (κ2) is 8.69. The van der Waals surface area contributed by atoms with Crippen molar-refractivity contribution >= 4 is 6.21 Å². The fraction of sp³-hybridized carbons (Fsp3) is 0.136. The van der Waals surface area contributed by atoms with E-state index in [2.05, 4.69) is 17.3 Å². The SMILES string of the molecule is ON=CC(Cc1ccccc1)c1ccc(OCc2ccccc2)cc1. The molecule has 0 aliphatic carbocycles. The normalized spacial score (nSPS) is 12.2. The molecule has 0 radical (unpaired) electrons. The van der Waals surface area contributed by atoms with Crippen LogP contribution in [0.3, 0.4) is 0 Å². The number of hydrogen-bond acceptors (Lipinski definition) is 3. The summed E-state index contributed by atoms with van der Waals surface area (Å²) in [5.41, 5.74) is 3.44. The Labute approximate surface area is 148 Å². The predicted molar refractivity (Wildman–Crippen MR) is 100 cm³/mol. The Morgan fingerprint density at radius 3 is 2.00 bits per heavy atom. The van der Waals surface area contributed by atoms with Gasteiger partial charge in [-0.3, -0.25) is 0 Å². The highest BCUT2D eigenvalue weighted by Crippen LogP contribution is 2.22. The standard InChI is InChI=1S/C22H21NO2/c24-23-16-21(15-18-7-3-1-4-8-18)20-11-13-22(14-12-20)25-17-19-9-5-2-6-10-19/h1-14,16,21,24H,15,17H2. The van der Waals surface area contributed by atoms with E-state index in [0.717, 1.165) is 23.3 Å². The summed E-state index contributed by atoms with van der Waals surface area (Å²) in [7, 11) is 0. The monoisotopic (exact) mass is 331 g/mol. The molecule has 0 aliphatic rings. The van der Waals surface area contributed by atoms with E-state index in [0.29, 0.717) is 6.61 Å². The van der Waals surface area contributed by atoms with Crippen LogP contribution in [0.4, 0.5) is 0 Å². The molecule has 1 N–H and O–H groups in total. The van der Waals surface area contributed by atoms with Crippen LogP contribution in [0.25, 0.3) is 0 Å². The summed E-state index contributed by atoms with van der Waals surface area (Å²) in [4.78, 5) is 0. The average molecular weight is 331 g/mol. The third kappa shape index (κ3) is 4.95. The summed E-state index contributed by atoms with van der Waals surface area (Å²) in [6, 6.07) is 28.2. The third-order valence-corrected chi connectivity index (χ3v) is 4.10. The van der Waals surface area contributed by atoms with Gasteiger partial charge in [0.05, 0.1) is 6.21 Å². The van der Waals surface area contributed by atoms with Crippen molar-refractivity contribution < 1.29 is 9.94 Å².